The third-order valence-electron chi connectivity index (χ3n) is 7.73. The Kier molecular flexibility index (Phi) is 7.52. The molecule has 198 valence electrons. The number of hydrogen-bond acceptors (Lipinski definition) is 7. The van der Waals surface area contributed by atoms with Crippen LogP contribution in [-0.4, -0.2) is 32.5 Å². The zero-order valence-corrected chi connectivity index (χ0v) is 25.9. The summed E-state index contributed by atoms with van der Waals surface area (Å²) in [4.78, 5) is 28.7. The zero-order valence-electron chi connectivity index (χ0n) is 22.7. The average molecular weight is 567 g/mol. The van der Waals surface area contributed by atoms with Gasteiger partial charge in [-0.1, -0.05) is 41.5 Å². The molecular weight excluding hydrogens is 529 g/mol. The molecule has 0 amide bonds. The molecule has 0 N–H and O–H groups in total. The van der Waals surface area contributed by atoms with Gasteiger partial charge in [0.2, 0.25) is 0 Å². The largest absolute Gasteiger partial charge is 0.294 e. The summed E-state index contributed by atoms with van der Waals surface area (Å²) in [6.07, 6.45) is 7.76. The van der Waals surface area contributed by atoms with E-state index in [1.165, 1.54) is 28.0 Å². The number of hydrogen-bond donors (Lipinski definition) is 0. The first-order valence-corrected chi connectivity index (χ1v) is 17.4. The highest BCUT2D eigenvalue weighted by atomic mass is 32.2. The van der Waals surface area contributed by atoms with Gasteiger partial charge in [-0.25, -0.2) is 8.42 Å². The Bertz CT molecular complexity index is 1330. The Morgan fingerprint density at radius 3 is 2.08 bits per heavy atom. The maximum Gasteiger partial charge on any atom is 0.185 e. The number of sulfone groups is 1. The van der Waals surface area contributed by atoms with Crippen molar-refractivity contribution in [1.82, 2.24) is 0 Å². The highest BCUT2D eigenvalue weighted by Crippen LogP contribution is 2.50. The van der Waals surface area contributed by atoms with Gasteiger partial charge in [-0.15, -0.1) is 34.4 Å². The number of rotatable bonds is 7. The average Bonchev–Trinajstić information content (AvgIpc) is 3.30. The molecule has 8 heteroatoms. The lowest BCUT2D eigenvalue weighted by molar-refractivity contribution is 0.0879. The third-order valence-corrected chi connectivity index (χ3v) is 13.7. The molecule has 2 aliphatic rings. The summed E-state index contributed by atoms with van der Waals surface area (Å²) in [6.45, 7) is 13.0. The van der Waals surface area contributed by atoms with Gasteiger partial charge in [0, 0.05) is 34.4 Å². The van der Waals surface area contributed by atoms with Gasteiger partial charge >= 0.3 is 0 Å². The highest BCUT2D eigenvalue weighted by molar-refractivity contribution is 8.00. The smallest absolute Gasteiger partial charge is 0.185 e. The lowest BCUT2D eigenvalue weighted by Crippen LogP contribution is -2.31. The summed E-state index contributed by atoms with van der Waals surface area (Å²) >= 11 is 4.76. The first-order chi connectivity index (χ1) is 16.6. The van der Waals surface area contributed by atoms with Crippen LogP contribution in [0, 0.1) is 10.8 Å². The number of ketones is 2. The summed E-state index contributed by atoms with van der Waals surface area (Å²) in [5.74, 6) is 0.730. The molecule has 0 fully saturated rings. The Morgan fingerprint density at radius 2 is 1.50 bits per heavy atom. The first kappa shape index (κ1) is 28.1. The van der Waals surface area contributed by atoms with Crippen LogP contribution in [0.3, 0.4) is 0 Å². The van der Waals surface area contributed by atoms with Gasteiger partial charge in [0.1, 0.15) is 4.21 Å². The van der Waals surface area contributed by atoms with E-state index in [2.05, 4.69) is 47.8 Å². The fourth-order valence-electron chi connectivity index (χ4n) is 6.00. The molecule has 2 heterocycles. The quantitative estimate of drug-likeness (QED) is 0.318. The van der Waals surface area contributed by atoms with Crippen LogP contribution in [0.1, 0.15) is 121 Å². The molecule has 0 saturated heterocycles. The summed E-state index contributed by atoms with van der Waals surface area (Å²) in [5.41, 5.74) is 3.43. The van der Waals surface area contributed by atoms with E-state index >= 15 is 0 Å². The molecule has 2 aliphatic carbocycles. The lowest BCUT2D eigenvalue weighted by Gasteiger charge is -2.35. The molecule has 0 aliphatic heterocycles. The van der Waals surface area contributed by atoms with Gasteiger partial charge in [-0.2, -0.15) is 0 Å². The predicted octanol–water partition coefficient (Wildman–Crippen LogP) is 7.93. The van der Waals surface area contributed by atoms with Crippen LogP contribution in [0.15, 0.2) is 8.42 Å². The molecule has 2 aromatic rings. The van der Waals surface area contributed by atoms with Crippen LogP contribution in [0.5, 0.6) is 0 Å². The topological polar surface area (TPSA) is 68.3 Å². The second-order valence-electron chi connectivity index (χ2n) is 12.3. The molecule has 2 aromatic heterocycles. The van der Waals surface area contributed by atoms with Crippen LogP contribution in [0.2, 0.25) is 0 Å². The molecule has 0 saturated carbocycles. The SMILES string of the molecule is CSc1sc(C(C)CCC2(C)CC(=O)c3c(S(C)(=O)=O)sc(C(C)C)c3C2)c2c1C(=O)CC(C)(C)C2. The second-order valence-corrected chi connectivity index (χ2v) is 17.7. The van der Waals surface area contributed by atoms with Gasteiger partial charge in [0.15, 0.2) is 21.4 Å². The second kappa shape index (κ2) is 9.65. The summed E-state index contributed by atoms with van der Waals surface area (Å²) < 4.78 is 26.3. The van der Waals surface area contributed by atoms with E-state index in [9.17, 15) is 18.0 Å². The van der Waals surface area contributed by atoms with E-state index in [0.717, 1.165) is 45.9 Å². The number of thioether (sulfide) groups is 1. The summed E-state index contributed by atoms with van der Waals surface area (Å²) in [5, 5.41) is 0. The van der Waals surface area contributed by atoms with Crippen molar-refractivity contribution in [2.45, 2.75) is 100 Å². The van der Waals surface area contributed by atoms with E-state index in [-0.39, 0.29) is 32.5 Å². The number of thiophene rings is 2. The molecule has 0 bridgehead atoms. The maximum absolute atomic E-state index is 13.4. The number of Topliss-reactive ketones (excluding diaryl/α,β-unsaturated/α-hetero) is 2. The van der Waals surface area contributed by atoms with Gasteiger partial charge in [-0.05, 0) is 65.7 Å². The van der Waals surface area contributed by atoms with Gasteiger partial charge < -0.3 is 0 Å². The third kappa shape index (κ3) is 5.16. The van der Waals surface area contributed by atoms with E-state index in [4.69, 9.17) is 0 Å². The Balaban J connectivity index is 1.61. The summed E-state index contributed by atoms with van der Waals surface area (Å²) in [6, 6.07) is 0. The fraction of sp³-hybridized carbons (Fsp3) is 0.643. The number of carbonyl (C=O) groups is 2. The minimum absolute atomic E-state index is 0.0169. The van der Waals surface area contributed by atoms with Crippen LogP contribution in [0.25, 0.3) is 0 Å². The minimum Gasteiger partial charge on any atom is -0.294 e. The van der Waals surface area contributed by atoms with Gasteiger partial charge in [0.25, 0.3) is 0 Å². The molecule has 0 radical (unpaired) electrons. The fourth-order valence-corrected chi connectivity index (χ4v) is 10.8. The minimum atomic E-state index is -3.44. The van der Waals surface area contributed by atoms with Crippen LogP contribution in [-0.2, 0) is 22.7 Å². The van der Waals surface area contributed by atoms with Crippen molar-refractivity contribution in [3.8, 4) is 0 Å². The van der Waals surface area contributed by atoms with Crippen molar-refractivity contribution < 1.29 is 18.0 Å². The van der Waals surface area contributed by atoms with E-state index in [1.807, 2.05) is 0 Å². The van der Waals surface area contributed by atoms with Crippen molar-refractivity contribution in [2.75, 3.05) is 12.5 Å². The van der Waals surface area contributed by atoms with E-state index in [0.29, 0.717) is 24.3 Å². The van der Waals surface area contributed by atoms with Crippen LogP contribution >= 0.6 is 34.4 Å². The standard InChI is InChI=1S/C28H38O4S4/c1-15(2)23-18-12-28(6,14-20(30)22(18)26(35-23)36(8,31)32)10-9-16(3)24-17-11-27(4,5)13-19(29)21(17)25(33-7)34-24/h15-16H,9-14H2,1-8H3. The predicted molar refractivity (Wildman–Crippen MR) is 152 cm³/mol. The Morgan fingerprint density at radius 1 is 0.889 bits per heavy atom. The molecule has 2 atom stereocenters. The Labute approximate surface area is 228 Å². The van der Waals surface area contributed by atoms with Gasteiger partial charge in [0.05, 0.1) is 9.77 Å². The van der Waals surface area contributed by atoms with Crippen LogP contribution < -0.4 is 0 Å². The van der Waals surface area contributed by atoms with Crippen molar-refractivity contribution in [3.63, 3.8) is 0 Å². The van der Waals surface area contributed by atoms with Crippen molar-refractivity contribution in [3.05, 3.63) is 32.0 Å². The van der Waals surface area contributed by atoms with Crippen molar-refractivity contribution in [1.29, 1.82) is 0 Å². The van der Waals surface area contributed by atoms with Crippen molar-refractivity contribution in [2.24, 2.45) is 10.8 Å². The molecule has 4 rings (SSSR count). The summed E-state index contributed by atoms with van der Waals surface area (Å²) in [7, 11) is -3.44. The van der Waals surface area contributed by atoms with Gasteiger partial charge in [-0.3, -0.25) is 9.59 Å². The molecule has 4 nitrogen and oxygen atoms in total. The monoisotopic (exact) mass is 566 g/mol. The Hall–Kier alpha value is -0.960. The number of carbonyl (C=O) groups excluding carboxylic acids is 2. The van der Waals surface area contributed by atoms with E-state index < -0.39 is 9.84 Å². The normalized spacial score (nSPS) is 22.6. The maximum atomic E-state index is 13.4. The number of fused-ring (bicyclic) bond motifs is 2. The molecule has 0 aromatic carbocycles. The van der Waals surface area contributed by atoms with Crippen LogP contribution in [0.4, 0.5) is 0 Å². The van der Waals surface area contributed by atoms with E-state index in [1.54, 1.807) is 23.1 Å². The highest BCUT2D eigenvalue weighted by Gasteiger charge is 2.42. The molecule has 36 heavy (non-hydrogen) atoms. The molecular formula is C28H38O4S4. The molecule has 0 spiro atoms. The van der Waals surface area contributed by atoms with Crippen molar-refractivity contribution >= 4 is 55.8 Å². The lowest BCUT2D eigenvalue weighted by atomic mass is 9.68. The molecule has 2 unspecified atom stereocenters. The first-order valence-electron chi connectivity index (χ1n) is 12.7. The zero-order chi connectivity index (χ0) is 26.8.